The highest BCUT2D eigenvalue weighted by Crippen LogP contribution is 2.44. The third kappa shape index (κ3) is 4.02. The highest BCUT2D eigenvalue weighted by Gasteiger charge is 2.47. The topological polar surface area (TPSA) is 46.2 Å². The zero-order valence-electron chi connectivity index (χ0n) is 16.1. The molecule has 1 aliphatic heterocycles. The SMILES string of the molecule is O=C(/C=C/C1CCCCC1)C1C(=O)NC2CCCCC2C1c1ccccc1. The molecule has 2 aliphatic carbocycles. The number of carbonyl (C=O) groups excluding carboxylic acids is 2. The van der Waals surface area contributed by atoms with E-state index in [2.05, 4.69) is 23.5 Å². The van der Waals surface area contributed by atoms with Gasteiger partial charge in [-0.25, -0.2) is 0 Å². The molecule has 3 heteroatoms. The Hall–Kier alpha value is -1.90. The van der Waals surface area contributed by atoms with E-state index < -0.39 is 5.92 Å². The molecule has 1 heterocycles. The van der Waals surface area contributed by atoms with Gasteiger partial charge >= 0.3 is 0 Å². The van der Waals surface area contributed by atoms with Crippen LogP contribution >= 0.6 is 0 Å². The molecule has 4 unspecified atom stereocenters. The Labute approximate surface area is 162 Å². The number of hydrogen-bond acceptors (Lipinski definition) is 2. The van der Waals surface area contributed by atoms with Crippen molar-refractivity contribution in [3.63, 3.8) is 0 Å². The fraction of sp³-hybridized carbons (Fsp3) is 0.583. The summed E-state index contributed by atoms with van der Waals surface area (Å²) in [4.78, 5) is 26.1. The molecule has 0 aromatic heterocycles. The molecule has 1 amide bonds. The summed E-state index contributed by atoms with van der Waals surface area (Å²) in [5, 5.41) is 3.19. The fourth-order valence-corrected chi connectivity index (χ4v) is 5.53. The molecule has 1 saturated heterocycles. The van der Waals surface area contributed by atoms with Gasteiger partial charge in [0.2, 0.25) is 5.91 Å². The van der Waals surface area contributed by atoms with Gasteiger partial charge in [0.15, 0.2) is 5.78 Å². The number of ketones is 1. The van der Waals surface area contributed by atoms with Crippen LogP contribution in [0.5, 0.6) is 0 Å². The predicted molar refractivity (Wildman–Crippen MR) is 107 cm³/mol. The van der Waals surface area contributed by atoms with Crippen LogP contribution in [0.15, 0.2) is 42.5 Å². The van der Waals surface area contributed by atoms with Crippen molar-refractivity contribution >= 4 is 11.7 Å². The van der Waals surface area contributed by atoms with E-state index in [1.165, 1.54) is 44.9 Å². The van der Waals surface area contributed by atoms with Gasteiger partial charge in [-0.15, -0.1) is 0 Å². The average Bonchev–Trinajstić information content (AvgIpc) is 2.72. The molecule has 27 heavy (non-hydrogen) atoms. The van der Waals surface area contributed by atoms with Crippen LogP contribution in [0, 0.1) is 17.8 Å². The van der Waals surface area contributed by atoms with Gasteiger partial charge in [-0.1, -0.05) is 68.5 Å². The number of rotatable bonds is 4. The molecule has 1 N–H and O–H groups in total. The van der Waals surface area contributed by atoms with Crippen molar-refractivity contribution in [3.8, 4) is 0 Å². The number of hydrogen-bond donors (Lipinski definition) is 1. The first kappa shape index (κ1) is 18.5. The van der Waals surface area contributed by atoms with Crippen molar-refractivity contribution in [2.75, 3.05) is 0 Å². The largest absolute Gasteiger partial charge is 0.352 e. The molecular formula is C24H31NO2. The summed E-state index contributed by atoms with van der Waals surface area (Å²) in [6.07, 6.45) is 14.5. The Bertz CT molecular complexity index is 690. The maximum absolute atomic E-state index is 13.2. The summed E-state index contributed by atoms with van der Waals surface area (Å²) in [6, 6.07) is 10.5. The second kappa shape index (κ2) is 8.41. The normalized spacial score (nSPS) is 32.1. The van der Waals surface area contributed by atoms with E-state index >= 15 is 0 Å². The quantitative estimate of drug-likeness (QED) is 0.616. The third-order valence-corrected chi connectivity index (χ3v) is 6.92. The van der Waals surface area contributed by atoms with Gasteiger partial charge in [-0.05, 0) is 49.2 Å². The van der Waals surface area contributed by atoms with E-state index in [-0.39, 0.29) is 23.7 Å². The number of benzene rings is 1. The summed E-state index contributed by atoms with van der Waals surface area (Å²) in [7, 11) is 0. The Morgan fingerprint density at radius 3 is 2.41 bits per heavy atom. The molecule has 0 bridgehead atoms. The molecule has 0 radical (unpaired) electrons. The van der Waals surface area contributed by atoms with Crippen molar-refractivity contribution in [3.05, 3.63) is 48.0 Å². The van der Waals surface area contributed by atoms with Crippen molar-refractivity contribution in [2.45, 2.75) is 69.7 Å². The van der Waals surface area contributed by atoms with Gasteiger partial charge in [0.05, 0.1) is 0 Å². The molecular weight excluding hydrogens is 334 g/mol. The predicted octanol–water partition coefficient (Wildman–Crippen LogP) is 4.78. The van der Waals surface area contributed by atoms with Gasteiger partial charge in [-0.2, -0.15) is 0 Å². The van der Waals surface area contributed by atoms with E-state index in [4.69, 9.17) is 0 Å². The first-order valence-corrected chi connectivity index (χ1v) is 10.8. The molecule has 3 aliphatic rings. The Morgan fingerprint density at radius 1 is 0.926 bits per heavy atom. The lowest BCUT2D eigenvalue weighted by atomic mass is 9.64. The maximum atomic E-state index is 13.2. The molecule has 4 rings (SSSR count). The van der Waals surface area contributed by atoms with E-state index in [1.54, 1.807) is 6.08 Å². The number of fused-ring (bicyclic) bond motifs is 1. The van der Waals surface area contributed by atoms with Crippen molar-refractivity contribution in [2.24, 2.45) is 17.8 Å². The second-order valence-corrected chi connectivity index (χ2v) is 8.64. The van der Waals surface area contributed by atoms with E-state index in [1.807, 2.05) is 18.2 Å². The highest BCUT2D eigenvalue weighted by molar-refractivity contribution is 6.08. The number of carbonyl (C=O) groups is 2. The van der Waals surface area contributed by atoms with Gasteiger partial charge in [-0.3, -0.25) is 9.59 Å². The van der Waals surface area contributed by atoms with Crippen molar-refractivity contribution < 1.29 is 9.59 Å². The average molecular weight is 366 g/mol. The zero-order valence-corrected chi connectivity index (χ0v) is 16.1. The summed E-state index contributed by atoms with van der Waals surface area (Å²) in [5.74, 6) is 0.240. The minimum atomic E-state index is -0.577. The molecule has 2 saturated carbocycles. The van der Waals surface area contributed by atoms with Crippen LogP contribution in [0.25, 0.3) is 0 Å². The minimum absolute atomic E-state index is 0.00375. The van der Waals surface area contributed by atoms with Crippen LogP contribution < -0.4 is 5.32 Å². The highest BCUT2D eigenvalue weighted by atomic mass is 16.2. The monoisotopic (exact) mass is 365 g/mol. The summed E-state index contributed by atoms with van der Waals surface area (Å²) >= 11 is 0. The summed E-state index contributed by atoms with van der Waals surface area (Å²) < 4.78 is 0. The molecule has 3 nitrogen and oxygen atoms in total. The van der Waals surface area contributed by atoms with E-state index in [0.29, 0.717) is 11.8 Å². The lowest BCUT2D eigenvalue weighted by Crippen LogP contribution is -2.56. The number of allylic oxidation sites excluding steroid dienone is 2. The first-order chi connectivity index (χ1) is 13.2. The van der Waals surface area contributed by atoms with Crippen molar-refractivity contribution in [1.82, 2.24) is 5.32 Å². The maximum Gasteiger partial charge on any atom is 0.231 e. The van der Waals surface area contributed by atoms with Crippen LogP contribution in [0.2, 0.25) is 0 Å². The van der Waals surface area contributed by atoms with Crippen LogP contribution in [0.4, 0.5) is 0 Å². The van der Waals surface area contributed by atoms with Crippen molar-refractivity contribution in [1.29, 1.82) is 0 Å². The first-order valence-electron chi connectivity index (χ1n) is 10.8. The minimum Gasteiger partial charge on any atom is -0.352 e. The molecule has 1 aromatic carbocycles. The lowest BCUT2D eigenvalue weighted by molar-refractivity contribution is -0.137. The third-order valence-electron chi connectivity index (χ3n) is 6.92. The zero-order chi connectivity index (χ0) is 18.6. The van der Waals surface area contributed by atoms with E-state index in [9.17, 15) is 9.59 Å². The van der Waals surface area contributed by atoms with Crippen LogP contribution in [-0.4, -0.2) is 17.7 Å². The van der Waals surface area contributed by atoms with Gasteiger partial charge in [0.1, 0.15) is 5.92 Å². The fourth-order valence-electron chi connectivity index (χ4n) is 5.53. The van der Waals surface area contributed by atoms with Crippen LogP contribution in [-0.2, 0) is 9.59 Å². The Morgan fingerprint density at radius 2 is 1.63 bits per heavy atom. The summed E-state index contributed by atoms with van der Waals surface area (Å²) in [6.45, 7) is 0. The van der Waals surface area contributed by atoms with Gasteiger partial charge in [0.25, 0.3) is 0 Å². The lowest BCUT2D eigenvalue weighted by Gasteiger charge is -2.45. The Kier molecular flexibility index (Phi) is 5.75. The van der Waals surface area contributed by atoms with Gasteiger partial charge < -0.3 is 5.32 Å². The van der Waals surface area contributed by atoms with E-state index in [0.717, 1.165) is 18.4 Å². The van der Waals surface area contributed by atoms with Gasteiger partial charge in [0, 0.05) is 12.0 Å². The van der Waals surface area contributed by atoms with Crippen LogP contribution in [0.1, 0.15) is 69.3 Å². The summed E-state index contributed by atoms with van der Waals surface area (Å²) in [5.41, 5.74) is 1.15. The molecule has 1 aromatic rings. The standard InChI is InChI=1S/C24H31NO2/c26-21(16-15-17-9-3-1-4-10-17)23-22(18-11-5-2-6-12-18)19-13-7-8-14-20(19)25-24(23)27/h2,5-6,11-12,15-17,19-20,22-23H,1,3-4,7-10,13-14H2,(H,25,27)/b16-15+. The number of piperidine rings is 1. The Balaban J connectivity index is 1.60. The molecule has 0 spiro atoms. The molecule has 144 valence electrons. The second-order valence-electron chi connectivity index (χ2n) is 8.64. The number of amides is 1. The number of nitrogens with one attached hydrogen (secondary N) is 1. The smallest absolute Gasteiger partial charge is 0.231 e. The molecule has 3 fully saturated rings. The van der Waals surface area contributed by atoms with Crippen LogP contribution in [0.3, 0.4) is 0 Å². The molecule has 4 atom stereocenters.